The Morgan fingerprint density at radius 2 is 2.29 bits per heavy atom. The number of nitrogens with one attached hydrogen (secondary N) is 1. The number of anilines is 1. The van der Waals surface area contributed by atoms with Gasteiger partial charge in [-0.25, -0.2) is 0 Å². The van der Waals surface area contributed by atoms with Crippen LogP contribution < -0.4 is 16.0 Å². The number of aromatic nitrogens is 2. The van der Waals surface area contributed by atoms with Crippen molar-refractivity contribution in [1.29, 1.82) is 0 Å². The van der Waals surface area contributed by atoms with E-state index in [1.54, 1.807) is 24.2 Å². The van der Waals surface area contributed by atoms with E-state index in [4.69, 9.17) is 5.73 Å². The first-order valence-electron chi connectivity index (χ1n) is 5.55. The number of likely N-dealkylation sites (N-methyl/N-ethyl adjacent to an activating group) is 1. The fourth-order valence-corrected chi connectivity index (χ4v) is 1.49. The van der Waals surface area contributed by atoms with E-state index in [0.717, 1.165) is 5.56 Å². The molecule has 1 rings (SSSR count). The Kier molecular flexibility index (Phi) is 4.84. The molecule has 6 nitrogen and oxygen atoms in total. The highest BCUT2D eigenvalue weighted by Gasteiger charge is 2.12. The molecule has 0 spiro atoms. The predicted molar refractivity (Wildman–Crippen MR) is 66.5 cm³/mol. The predicted octanol–water partition coefficient (Wildman–Crippen LogP) is -0.104. The molecule has 0 unspecified atom stereocenters. The molecule has 0 radical (unpaired) electrons. The molecule has 0 fully saturated rings. The van der Waals surface area contributed by atoms with Gasteiger partial charge < -0.3 is 16.0 Å². The molecule has 0 aliphatic heterocycles. The van der Waals surface area contributed by atoms with Crippen LogP contribution in [0.25, 0.3) is 0 Å². The maximum atomic E-state index is 11.6. The van der Waals surface area contributed by atoms with E-state index >= 15 is 0 Å². The van der Waals surface area contributed by atoms with Crippen molar-refractivity contribution in [3.8, 4) is 0 Å². The molecule has 1 aromatic heterocycles. The second-order valence-electron chi connectivity index (χ2n) is 4.16. The van der Waals surface area contributed by atoms with E-state index in [-0.39, 0.29) is 18.5 Å². The molecule has 0 saturated carbocycles. The third-order valence-electron chi connectivity index (χ3n) is 2.19. The van der Waals surface area contributed by atoms with Gasteiger partial charge in [0.1, 0.15) is 0 Å². The fraction of sp³-hybridized carbons (Fsp3) is 0.545. The largest absolute Gasteiger partial charge is 0.352 e. The highest BCUT2D eigenvalue weighted by atomic mass is 16.2. The zero-order valence-electron chi connectivity index (χ0n) is 10.5. The van der Waals surface area contributed by atoms with Gasteiger partial charge in [0.2, 0.25) is 5.91 Å². The molecule has 0 bridgehead atoms. The highest BCUT2D eigenvalue weighted by Crippen LogP contribution is 2.13. The van der Waals surface area contributed by atoms with Crippen LogP contribution in [0.5, 0.6) is 0 Å². The minimum absolute atomic E-state index is 0.0453. The maximum absolute atomic E-state index is 11.6. The second kappa shape index (κ2) is 6.15. The van der Waals surface area contributed by atoms with Crippen LogP contribution in [0, 0.1) is 0 Å². The Hall–Kier alpha value is -1.69. The van der Waals surface area contributed by atoms with Gasteiger partial charge >= 0.3 is 0 Å². The molecule has 1 heterocycles. The Morgan fingerprint density at radius 3 is 2.88 bits per heavy atom. The van der Waals surface area contributed by atoms with E-state index in [1.807, 2.05) is 13.8 Å². The zero-order valence-corrected chi connectivity index (χ0v) is 10.5. The van der Waals surface area contributed by atoms with Crippen molar-refractivity contribution in [3.63, 3.8) is 0 Å². The van der Waals surface area contributed by atoms with E-state index in [9.17, 15) is 4.79 Å². The summed E-state index contributed by atoms with van der Waals surface area (Å²) in [6.45, 7) is 4.46. The van der Waals surface area contributed by atoms with Gasteiger partial charge in [-0.15, -0.1) is 5.10 Å². The molecule has 6 heteroatoms. The summed E-state index contributed by atoms with van der Waals surface area (Å²) in [5.41, 5.74) is 6.48. The third-order valence-corrected chi connectivity index (χ3v) is 2.19. The lowest BCUT2D eigenvalue weighted by Gasteiger charge is -2.20. The smallest absolute Gasteiger partial charge is 0.239 e. The normalized spacial score (nSPS) is 10.4. The summed E-state index contributed by atoms with van der Waals surface area (Å²) in [5, 5.41) is 10.6. The van der Waals surface area contributed by atoms with Crippen molar-refractivity contribution in [3.05, 3.63) is 17.8 Å². The minimum atomic E-state index is -0.0453. The summed E-state index contributed by atoms with van der Waals surface area (Å²) >= 11 is 0. The Morgan fingerprint density at radius 1 is 1.59 bits per heavy atom. The van der Waals surface area contributed by atoms with Crippen molar-refractivity contribution >= 4 is 11.7 Å². The number of nitrogens with zero attached hydrogens (tertiary/aromatic N) is 3. The van der Waals surface area contributed by atoms with Gasteiger partial charge in [0.15, 0.2) is 5.82 Å². The topological polar surface area (TPSA) is 84.1 Å². The first-order chi connectivity index (χ1) is 8.04. The van der Waals surface area contributed by atoms with Gasteiger partial charge in [-0.2, -0.15) is 5.10 Å². The van der Waals surface area contributed by atoms with Crippen LogP contribution >= 0.6 is 0 Å². The van der Waals surface area contributed by atoms with Crippen LogP contribution in [-0.4, -0.2) is 35.7 Å². The molecule has 17 heavy (non-hydrogen) atoms. The van der Waals surface area contributed by atoms with Gasteiger partial charge in [-0.1, -0.05) is 0 Å². The first-order valence-corrected chi connectivity index (χ1v) is 5.55. The molecule has 3 N–H and O–H groups in total. The molecule has 0 aromatic carbocycles. The summed E-state index contributed by atoms with van der Waals surface area (Å²) < 4.78 is 0. The van der Waals surface area contributed by atoms with Crippen molar-refractivity contribution in [2.24, 2.45) is 5.73 Å². The summed E-state index contributed by atoms with van der Waals surface area (Å²) in [5.74, 6) is 0.602. The average molecular weight is 237 g/mol. The van der Waals surface area contributed by atoms with Crippen molar-refractivity contribution in [2.45, 2.75) is 26.4 Å². The maximum Gasteiger partial charge on any atom is 0.239 e. The van der Waals surface area contributed by atoms with Crippen LogP contribution in [0.4, 0.5) is 5.82 Å². The number of carbonyl (C=O) groups excluding carboxylic acids is 1. The summed E-state index contributed by atoms with van der Waals surface area (Å²) in [4.78, 5) is 13.3. The van der Waals surface area contributed by atoms with Crippen LogP contribution in [0.15, 0.2) is 12.3 Å². The zero-order chi connectivity index (χ0) is 12.8. The molecular formula is C11H19N5O. The van der Waals surface area contributed by atoms with Gasteiger partial charge in [0, 0.05) is 25.2 Å². The number of nitrogens with two attached hydrogens (primary N) is 1. The van der Waals surface area contributed by atoms with E-state index in [0.29, 0.717) is 12.4 Å². The lowest BCUT2D eigenvalue weighted by molar-refractivity contribution is -0.120. The van der Waals surface area contributed by atoms with Gasteiger partial charge in [-0.05, 0) is 19.9 Å². The molecular weight excluding hydrogens is 218 g/mol. The van der Waals surface area contributed by atoms with Crippen molar-refractivity contribution < 1.29 is 4.79 Å². The second-order valence-corrected chi connectivity index (χ2v) is 4.16. The number of rotatable bonds is 5. The highest BCUT2D eigenvalue weighted by molar-refractivity contribution is 5.81. The van der Waals surface area contributed by atoms with Crippen LogP contribution in [0.1, 0.15) is 19.4 Å². The van der Waals surface area contributed by atoms with Gasteiger partial charge in [0.25, 0.3) is 0 Å². The van der Waals surface area contributed by atoms with E-state index in [1.165, 1.54) is 0 Å². The Balaban J connectivity index is 2.69. The minimum Gasteiger partial charge on any atom is -0.352 e. The molecule has 0 saturated heterocycles. The first kappa shape index (κ1) is 13.4. The summed E-state index contributed by atoms with van der Waals surface area (Å²) in [6, 6.07) is 1.94. The number of amides is 1. The standard InChI is InChI=1S/C11H19N5O/c1-8(2)14-10(17)7-16(3)11-9(6-12)4-5-13-15-11/h4-5,8H,6-7,12H2,1-3H3,(H,14,17). The summed E-state index contributed by atoms with van der Waals surface area (Å²) in [7, 11) is 1.79. The number of hydrogen-bond acceptors (Lipinski definition) is 5. The lowest BCUT2D eigenvalue weighted by Crippen LogP contribution is -2.39. The number of hydrogen-bond donors (Lipinski definition) is 2. The van der Waals surface area contributed by atoms with E-state index in [2.05, 4.69) is 15.5 Å². The molecule has 0 aliphatic carbocycles. The number of carbonyl (C=O) groups is 1. The Labute approximate surface area is 101 Å². The molecule has 94 valence electrons. The van der Waals surface area contributed by atoms with Crippen molar-refractivity contribution in [1.82, 2.24) is 15.5 Å². The molecule has 0 aliphatic rings. The van der Waals surface area contributed by atoms with Gasteiger partial charge in [-0.3, -0.25) is 4.79 Å². The van der Waals surface area contributed by atoms with Crippen LogP contribution in [0.3, 0.4) is 0 Å². The van der Waals surface area contributed by atoms with Crippen LogP contribution in [0.2, 0.25) is 0 Å². The Bertz CT molecular complexity index is 380. The molecule has 1 amide bonds. The monoisotopic (exact) mass is 237 g/mol. The molecule has 0 atom stereocenters. The average Bonchev–Trinajstić information content (AvgIpc) is 2.27. The quantitative estimate of drug-likeness (QED) is 0.747. The summed E-state index contributed by atoms with van der Waals surface area (Å²) in [6.07, 6.45) is 1.59. The van der Waals surface area contributed by atoms with Crippen LogP contribution in [-0.2, 0) is 11.3 Å². The van der Waals surface area contributed by atoms with E-state index < -0.39 is 0 Å². The fourth-order valence-electron chi connectivity index (χ4n) is 1.49. The lowest BCUT2D eigenvalue weighted by atomic mass is 10.2. The van der Waals surface area contributed by atoms with Crippen molar-refractivity contribution in [2.75, 3.05) is 18.5 Å². The third kappa shape index (κ3) is 3.99. The SMILES string of the molecule is CC(C)NC(=O)CN(C)c1nnccc1CN. The van der Waals surface area contributed by atoms with Gasteiger partial charge in [0.05, 0.1) is 12.7 Å². The molecule has 1 aromatic rings.